The lowest BCUT2D eigenvalue weighted by Crippen LogP contribution is -2.55. The molecule has 0 saturated heterocycles. The number of carbonyl (C=O) groups excluding carboxylic acids is 3. The van der Waals surface area contributed by atoms with Crippen LogP contribution in [0, 0.1) is 5.92 Å². The predicted molar refractivity (Wildman–Crippen MR) is 126 cm³/mol. The lowest BCUT2D eigenvalue weighted by Gasteiger charge is -2.31. The smallest absolute Gasteiger partial charge is 0.411 e. The van der Waals surface area contributed by atoms with Gasteiger partial charge < -0.3 is 21.1 Å². The molecule has 1 aliphatic rings. The highest BCUT2D eigenvalue weighted by molar-refractivity contribution is 5.91. The highest BCUT2D eigenvalue weighted by Gasteiger charge is 2.36. The zero-order chi connectivity index (χ0) is 24.1. The van der Waals surface area contributed by atoms with Gasteiger partial charge in [0.05, 0.1) is 0 Å². The van der Waals surface area contributed by atoms with Gasteiger partial charge in [0.1, 0.15) is 12.1 Å². The normalized spacial score (nSPS) is 14.1. The second-order valence-electron chi connectivity index (χ2n) is 8.55. The molecule has 2 aromatic rings. The minimum atomic E-state index is -0.811. The van der Waals surface area contributed by atoms with Crippen molar-refractivity contribution in [2.24, 2.45) is 11.7 Å². The summed E-state index contributed by atoms with van der Waals surface area (Å²) in [6.07, 6.45) is -1.16. The van der Waals surface area contributed by atoms with Crippen molar-refractivity contribution < 1.29 is 19.1 Å². The maximum absolute atomic E-state index is 13.2. The van der Waals surface area contributed by atoms with Crippen LogP contribution >= 0.6 is 0 Å². The van der Waals surface area contributed by atoms with E-state index in [0.717, 1.165) is 22.3 Å². The van der Waals surface area contributed by atoms with Gasteiger partial charge in [0.15, 0.2) is 6.10 Å². The number of ether oxygens (including phenoxy) is 1. The predicted octanol–water partition coefficient (Wildman–Crippen LogP) is 2.43. The molecule has 2 atom stereocenters. The largest absolute Gasteiger partial charge is 0.436 e. The molecular weight excluding hydrogens is 420 g/mol. The first-order chi connectivity index (χ1) is 15.8. The Kier molecular flexibility index (Phi) is 7.71. The number of amides is 3. The fraction of sp³-hybridized carbons (Fsp3) is 0.400. The second-order valence-corrected chi connectivity index (χ2v) is 8.55. The maximum atomic E-state index is 13.2. The van der Waals surface area contributed by atoms with Crippen molar-refractivity contribution in [3.63, 3.8) is 0 Å². The lowest BCUT2D eigenvalue weighted by molar-refractivity contribution is -0.132. The van der Waals surface area contributed by atoms with Crippen molar-refractivity contribution >= 4 is 17.9 Å². The fourth-order valence-electron chi connectivity index (χ4n) is 4.17. The van der Waals surface area contributed by atoms with Crippen LogP contribution in [-0.2, 0) is 14.3 Å². The molecule has 0 heterocycles. The van der Waals surface area contributed by atoms with Gasteiger partial charge >= 0.3 is 6.09 Å². The Bertz CT molecular complexity index is 977. The van der Waals surface area contributed by atoms with Crippen molar-refractivity contribution in [2.45, 2.75) is 39.0 Å². The van der Waals surface area contributed by atoms with Crippen molar-refractivity contribution in [3.8, 4) is 11.1 Å². The van der Waals surface area contributed by atoms with E-state index in [2.05, 4.69) is 10.6 Å². The van der Waals surface area contributed by atoms with Gasteiger partial charge in [-0.3, -0.25) is 14.5 Å². The number of nitrogens with one attached hydrogen (secondary N) is 2. The number of likely N-dealkylation sites (N-methyl/N-ethyl adjacent to an activating group) is 1. The van der Waals surface area contributed by atoms with E-state index in [1.54, 1.807) is 14.0 Å². The molecule has 2 aromatic carbocycles. The number of rotatable bonds is 8. The molecule has 0 unspecified atom stereocenters. The van der Waals surface area contributed by atoms with Gasteiger partial charge in [0.2, 0.25) is 11.8 Å². The molecule has 0 saturated carbocycles. The highest BCUT2D eigenvalue weighted by Crippen LogP contribution is 2.45. The van der Waals surface area contributed by atoms with E-state index in [9.17, 15) is 14.4 Å². The fourth-order valence-corrected chi connectivity index (χ4v) is 4.17. The van der Waals surface area contributed by atoms with E-state index in [4.69, 9.17) is 10.5 Å². The van der Waals surface area contributed by atoms with Crippen LogP contribution < -0.4 is 16.4 Å². The molecule has 3 rings (SSSR count). The average molecular weight is 453 g/mol. The molecule has 33 heavy (non-hydrogen) atoms. The summed E-state index contributed by atoms with van der Waals surface area (Å²) in [4.78, 5) is 39.6. The van der Waals surface area contributed by atoms with Crippen LogP contribution in [0.1, 0.15) is 38.0 Å². The van der Waals surface area contributed by atoms with E-state index in [1.165, 1.54) is 4.90 Å². The third-order valence-corrected chi connectivity index (χ3v) is 5.80. The molecule has 176 valence electrons. The minimum Gasteiger partial charge on any atom is -0.436 e. The number of fused-ring (bicyclic) bond motifs is 3. The Hall–Kier alpha value is -3.39. The summed E-state index contributed by atoms with van der Waals surface area (Å²) in [5.41, 5.74) is 9.30. The molecule has 0 aromatic heterocycles. The van der Waals surface area contributed by atoms with Gasteiger partial charge in [-0.15, -0.1) is 0 Å². The second kappa shape index (κ2) is 10.5. The van der Waals surface area contributed by atoms with Crippen LogP contribution in [0.25, 0.3) is 11.1 Å². The molecule has 0 fully saturated rings. The Morgan fingerprint density at radius 2 is 1.52 bits per heavy atom. The number of hydrogen-bond donors (Lipinski definition) is 3. The summed E-state index contributed by atoms with van der Waals surface area (Å²) in [6.45, 7) is 5.90. The number of carbonyl (C=O) groups is 3. The number of hydrogen-bond acceptors (Lipinski definition) is 5. The van der Waals surface area contributed by atoms with Crippen molar-refractivity contribution in [2.75, 3.05) is 20.1 Å². The van der Waals surface area contributed by atoms with Crippen molar-refractivity contribution in [1.29, 1.82) is 0 Å². The van der Waals surface area contributed by atoms with E-state index in [1.807, 2.05) is 62.4 Å². The van der Waals surface area contributed by atoms with Crippen LogP contribution in [0.4, 0.5) is 4.79 Å². The quantitative estimate of drug-likeness (QED) is 0.569. The van der Waals surface area contributed by atoms with Gasteiger partial charge in [0, 0.05) is 31.3 Å². The lowest BCUT2D eigenvalue weighted by atomic mass is 10.0. The molecule has 0 radical (unpaired) electrons. The van der Waals surface area contributed by atoms with Crippen molar-refractivity contribution in [3.05, 3.63) is 59.7 Å². The van der Waals surface area contributed by atoms with Crippen LogP contribution in [0.5, 0.6) is 0 Å². The third kappa shape index (κ3) is 5.17. The Morgan fingerprint density at radius 1 is 0.970 bits per heavy atom. The van der Waals surface area contributed by atoms with Crippen LogP contribution in [0.3, 0.4) is 0 Å². The molecule has 0 spiro atoms. The summed E-state index contributed by atoms with van der Waals surface area (Å²) < 4.78 is 5.93. The molecule has 8 nitrogen and oxygen atoms in total. The van der Waals surface area contributed by atoms with E-state index in [0.29, 0.717) is 13.1 Å². The van der Waals surface area contributed by atoms with E-state index < -0.39 is 30.2 Å². The molecule has 4 N–H and O–H groups in total. The Morgan fingerprint density at radius 3 is 2.03 bits per heavy atom. The molecule has 1 aliphatic carbocycles. The van der Waals surface area contributed by atoms with E-state index in [-0.39, 0.29) is 11.8 Å². The topological polar surface area (TPSA) is 114 Å². The summed E-state index contributed by atoms with van der Waals surface area (Å²) in [7, 11) is 1.54. The van der Waals surface area contributed by atoms with Crippen LogP contribution in [-0.4, -0.2) is 55.0 Å². The van der Waals surface area contributed by atoms with Crippen LogP contribution in [0.15, 0.2) is 48.5 Å². The number of nitrogens with two attached hydrogens (primary N) is 1. The molecule has 3 amide bonds. The van der Waals surface area contributed by atoms with E-state index >= 15 is 0 Å². The third-order valence-electron chi connectivity index (χ3n) is 5.80. The standard InChI is InChI=1S/C25H32N4O4/c1-15(2)21(24(31)28-16(3)23(30)27-14-13-26)29(4)25(32)33-22-19-11-7-5-9-17(19)18-10-6-8-12-20(18)22/h5-12,15-16,21-22H,13-14,26H2,1-4H3,(H,27,30)(H,28,31)/t16-,21-/m0/s1. The average Bonchev–Trinajstić information content (AvgIpc) is 3.11. The minimum absolute atomic E-state index is 0.204. The zero-order valence-corrected chi connectivity index (χ0v) is 19.5. The van der Waals surface area contributed by atoms with Gasteiger partial charge in [-0.1, -0.05) is 62.4 Å². The Labute approximate surface area is 194 Å². The number of nitrogens with zero attached hydrogens (tertiary/aromatic N) is 1. The summed E-state index contributed by atoms with van der Waals surface area (Å²) in [5.74, 6) is -0.960. The highest BCUT2D eigenvalue weighted by atomic mass is 16.6. The molecule has 0 bridgehead atoms. The van der Waals surface area contributed by atoms with Crippen LogP contribution in [0.2, 0.25) is 0 Å². The first-order valence-corrected chi connectivity index (χ1v) is 11.2. The summed E-state index contributed by atoms with van der Waals surface area (Å²) in [5, 5.41) is 5.33. The SMILES string of the molecule is CC(C)[C@@H](C(=O)N[C@@H](C)C(=O)NCCN)N(C)C(=O)OC1c2ccccc2-c2ccccc21. The van der Waals surface area contributed by atoms with Crippen molar-refractivity contribution in [1.82, 2.24) is 15.5 Å². The number of benzene rings is 2. The first kappa shape index (κ1) is 24.3. The molecule has 0 aliphatic heterocycles. The molecule has 8 heteroatoms. The van der Waals surface area contributed by atoms with Gasteiger partial charge in [-0.2, -0.15) is 0 Å². The Balaban J connectivity index is 1.75. The van der Waals surface area contributed by atoms with Gasteiger partial charge in [-0.05, 0) is 24.0 Å². The summed E-state index contributed by atoms with van der Waals surface area (Å²) in [6, 6.07) is 14.1. The van der Waals surface area contributed by atoms with Gasteiger partial charge in [-0.25, -0.2) is 4.79 Å². The van der Waals surface area contributed by atoms with Gasteiger partial charge in [0.25, 0.3) is 0 Å². The monoisotopic (exact) mass is 452 g/mol. The zero-order valence-electron chi connectivity index (χ0n) is 19.5. The summed E-state index contributed by atoms with van der Waals surface area (Å²) >= 11 is 0. The maximum Gasteiger partial charge on any atom is 0.411 e. The molecular formula is C25H32N4O4. The first-order valence-electron chi connectivity index (χ1n) is 11.2.